The van der Waals surface area contributed by atoms with E-state index >= 15 is 0 Å². The number of ether oxygens (including phenoxy) is 4. The third kappa shape index (κ3) is 9.06. The molecule has 7 rings (SSSR count). The topological polar surface area (TPSA) is 516 Å². The van der Waals surface area contributed by atoms with Crippen LogP contribution in [0.3, 0.4) is 0 Å². The number of nitrogens with one attached hydrogen (secondary N) is 3. The minimum atomic E-state index is -2.75. The third-order valence-corrected chi connectivity index (χ3v) is 14.4. The number of aliphatic hydroxyl groups is 11. The van der Waals surface area contributed by atoms with Crippen LogP contribution in [0, 0.1) is 17.2 Å². The van der Waals surface area contributed by atoms with Gasteiger partial charge < -0.3 is 114 Å². The predicted octanol–water partition coefficient (Wildman–Crippen LogP) is -8.32. The number of hydrogen-bond donors (Lipinski definition) is 19. The molecule has 2 saturated heterocycles. The largest absolute Gasteiger partial charge is 0.508 e. The molecule has 2 aliphatic heterocycles. The zero-order valence-corrected chi connectivity index (χ0v) is 39.4. The van der Waals surface area contributed by atoms with Crippen LogP contribution < -0.4 is 33.6 Å². The maximum Gasteiger partial charge on any atom is 0.255 e. The number of hydrogen-bond acceptors (Lipinski definition) is 24. The molecule has 20 atom stereocenters. The second-order valence-electron chi connectivity index (χ2n) is 18.9. The molecule has 72 heavy (non-hydrogen) atoms. The lowest BCUT2D eigenvalue weighted by atomic mass is 9.54. The van der Waals surface area contributed by atoms with Crippen molar-refractivity contribution in [2.45, 2.75) is 129 Å². The first-order chi connectivity index (χ1) is 33.5. The van der Waals surface area contributed by atoms with Crippen LogP contribution in [0.2, 0.25) is 0 Å². The maximum atomic E-state index is 13.7. The summed E-state index contributed by atoms with van der Waals surface area (Å²) in [6.45, 7) is 2.02. The van der Waals surface area contributed by atoms with E-state index in [4.69, 9.17) is 47.3 Å². The first kappa shape index (κ1) is 55.8. The summed E-state index contributed by atoms with van der Waals surface area (Å²) in [6, 6.07) is -1.00. The number of aliphatic hydroxyl groups excluding tert-OH is 8. The molecule has 6 aliphatic rings. The number of primary amides is 1. The van der Waals surface area contributed by atoms with Gasteiger partial charge in [-0.1, -0.05) is 12.1 Å². The maximum absolute atomic E-state index is 13.7. The van der Waals surface area contributed by atoms with Gasteiger partial charge in [-0.15, -0.1) is 0 Å². The highest BCUT2D eigenvalue weighted by Gasteiger charge is 2.67. The smallest absolute Gasteiger partial charge is 0.255 e. The Hall–Kier alpha value is -5.48. The van der Waals surface area contributed by atoms with E-state index in [-0.39, 0.29) is 23.8 Å². The molecular formula is C43H63N9O20. The number of fused-ring (bicyclic) bond motifs is 3. The number of aldehydes is 1. The van der Waals surface area contributed by atoms with Gasteiger partial charge in [0.25, 0.3) is 5.91 Å². The van der Waals surface area contributed by atoms with Gasteiger partial charge >= 0.3 is 0 Å². The summed E-state index contributed by atoms with van der Waals surface area (Å²) in [7, 11) is 4.42. The first-order valence-electron chi connectivity index (χ1n) is 22.4. The second kappa shape index (κ2) is 20.4. The summed E-state index contributed by atoms with van der Waals surface area (Å²) in [4.78, 5) is 55.8. The van der Waals surface area contributed by atoms with Crippen molar-refractivity contribution in [2.24, 2.45) is 39.8 Å². The van der Waals surface area contributed by atoms with Crippen molar-refractivity contribution < 1.29 is 99.4 Å². The van der Waals surface area contributed by atoms with Gasteiger partial charge in [-0.2, -0.15) is 0 Å². The molecule has 0 unspecified atom stereocenters. The first-order valence-corrected chi connectivity index (χ1v) is 22.4. The van der Waals surface area contributed by atoms with Gasteiger partial charge in [-0.3, -0.25) is 29.5 Å². The number of carbonyl (C=O) groups is 4. The lowest BCUT2D eigenvalue weighted by molar-refractivity contribution is -0.314. The fourth-order valence-electron chi connectivity index (χ4n) is 10.6. The molecule has 2 saturated carbocycles. The number of aliphatic imine (C=N–C) groups is 1. The van der Waals surface area contributed by atoms with Crippen molar-refractivity contribution >= 4 is 41.4 Å². The zero-order chi connectivity index (χ0) is 54.0. The van der Waals surface area contributed by atoms with Crippen molar-refractivity contribution in [3.05, 3.63) is 46.2 Å². The Balaban J connectivity index is 0.000000241. The average molecular weight is 1030 g/mol. The quantitative estimate of drug-likeness (QED) is 0.0424. The molecule has 400 valence electrons. The minimum absolute atomic E-state index is 0.138. The number of nitrogens with zero attached hydrogens (tertiary/aromatic N) is 2. The number of ketones is 2. The van der Waals surface area contributed by atoms with Gasteiger partial charge in [0.15, 0.2) is 47.8 Å². The van der Waals surface area contributed by atoms with Crippen molar-refractivity contribution in [3.8, 4) is 5.75 Å². The van der Waals surface area contributed by atoms with Gasteiger partial charge in [-0.05, 0) is 53.0 Å². The Morgan fingerprint density at radius 3 is 2.12 bits per heavy atom. The zero-order valence-electron chi connectivity index (χ0n) is 39.4. The lowest BCUT2D eigenvalue weighted by Crippen LogP contribution is -2.70. The van der Waals surface area contributed by atoms with Gasteiger partial charge in [0.2, 0.25) is 5.78 Å². The molecule has 1 amide bonds. The average Bonchev–Trinajstić information content (AvgIpc) is 3.53. The Labute approximate surface area is 409 Å². The number of nitrogens with two attached hydrogens (primary N) is 4. The monoisotopic (exact) mass is 1030 g/mol. The van der Waals surface area contributed by atoms with Crippen LogP contribution in [0.4, 0.5) is 0 Å². The third-order valence-electron chi connectivity index (χ3n) is 14.4. The van der Waals surface area contributed by atoms with Crippen LogP contribution in [0.5, 0.6) is 5.75 Å². The number of Topliss-reactive ketones (excluding diaryl/α,β-unsaturated/α-hetero) is 2. The number of likely N-dealkylation sites (N-methyl/N-ethyl adjacent to an activating group) is 2. The molecule has 0 bridgehead atoms. The number of amides is 1. The molecule has 29 nitrogen and oxygen atoms in total. The lowest BCUT2D eigenvalue weighted by Gasteiger charge is -2.53. The van der Waals surface area contributed by atoms with E-state index in [1.54, 1.807) is 0 Å². The predicted molar refractivity (Wildman–Crippen MR) is 242 cm³/mol. The molecule has 29 heteroatoms. The SMILES string of the molecule is CN(C)[C@@H]1C(=O)C(C(N)=O)=C(O)[C@@]2(O)C(=O)C3=C(O)c4c(O)cccc4[C@@](C)(O)[C@H]3C[C@@H]12.CN[C@@H]1[C@H](O[C@H]2[C@H](O[C@H]3[C@H](O)[C@@H](O)[C@H](N=C(N)N)[C@@H](O)[C@@H]3NC(=N)N)O[C@@H](C)[C@]2(O)C=O)O[C@@H](CO)[C@H](O)[C@H]1O. The summed E-state index contributed by atoms with van der Waals surface area (Å²) in [6.07, 6.45) is -17.5. The van der Waals surface area contributed by atoms with E-state index in [0.717, 1.165) is 0 Å². The molecule has 23 N–H and O–H groups in total. The highest BCUT2D eigenvalue weighted by molar-refractivity contribution is 6.24. The van der Waals surface area contributed by atoms with Gasteiger partial charge in [0.05, 0.1) is 42.0 Å². The Morgan fingerprint density at radius 2 is 1.58 bits per heavy atom. The van der Waals surface area contributed by atoms with Crippen LogP contribution >= 0.6 is 0 Å². The van der Waals surface area contributed by atoms with Crippen LogP contribution in [0.25, 0.3) is 5.76 Å². The molecule has 1 aromatic rings. The number of rotatable bonds is 11. The van der Waals surface area contributed by atoms with E-state index in [9.17, 15) is 80.5 Å². The second-order valence-corrected chi connectivity index (χ2v) is 18.9. The summed E-state index contributed by atoms with van der Waals surface area (Å²) in [5, 5.41) is 142. The number of phenolic OH excluding ortho intramolecular Hbond substituents is 1. The number of benzene rings is 1. The van der Waals surface area contributed by atoms with Crippen LogP contribution in [-0.2, 0) is 43.7 Å². The highest BCUT2D eigenvalue weighted by Crippen LogP contribution is 2.57. The summed E-state index contributed by atoms with van der Waals surface area (Å²) in [5.41, 5.74) is 13.3. The number of aromatic hydroxyl groups is 1. The van der Waals surface area contributed by atoms with Crippen LogP contribution in [0.1, 0.15) is 31.4 Å². The van der Waals surface area contributed by atoms with Gasteiger partial charge in [-0.25, -0.2) is 4.99 Å². The van der Waals surface area contributed by atoms with Crippen molar-refractivity contribution in [1.29, 1.82) is 5.41 Å². The molecule has 4 aliphatic carbocycles. The Kier molecular flexibility index (Phi) is 15.8. The summed E-state index contributed by atoms with van der Waals surface area (Å²) >= 11 is 0. The van der Waals surface area contributed by atoms with Crippen LogP contribution in [-0.4, -0.2) is 232 Å². The van der Waals surface area contributed by atoms with Gasteiger partial charge in [0, 0.05) is 17.4 Å². The van der Waals surface area contributed by atoms with Crippen molar-refractivity contribution in [1.82, 2.24) is 15.5 Å². The minimum Gasteiger partial charge on any atom is -0.508 e. The normalized spacial score (nSPS) is 41.6. The van der Waals surface area contributed by atoms with Crippen molar-refractivity contribution in [3.63, 3.8) is 0 Å². The highest BCUT2D eigenvalue weighted by atomic mass is 16.8. The number of carbonyl (C=O) groups excluding carboxylic acids is 4. The van der Waals surface area contributed by atoms with Gasteiger partial charge in [0.1, 0.15) is 77.7 Å². The van der Waals surface area contributed by atoms with E-state index in [1.807, 2.05) is 0 Å². The molecule has 0 aromatic heterocycles. The molecule has 2 heterocycles. The summed E-state index contributed by atoms with van der Waals surface area (Å²) in [5.74, 6) is -9.06. The Morgan fingerprint density at radius 1 is 0.944 bits per heavy atom. The van der Waals surface area contributed by atoms with Crippen LogP contribution in [0.15, 0.2) is 40.1 Å². The molecule has 1 aromatic carbocycles. The fraction of sp³-hybridized carbons (Fsp3) is 0.628. The number of phenols is 1. The molecule has 0 radical (unpaired) electrons. The number of guanidine groups is 2. The Bertz CT molecular complexity index is 2400. The van der Waals surface area contributed by atoms with E-state index in [2.05, 4.69) is 15.6 Å². The van der Waals surface area contributed by atoms with Crippen molar-refractivity contribution in [2.75, 3.05) is 27.7 Å². The van der Waals surface area contributed by atoms with E-state index in [0.29, 0.717) is 0 Å². The summed E-state index contributed by atoms with van der Waals surface area (Å²) < 4.78 is 22.9. The fourth-order valence-corrected chi connectivity index (χ4v) is 10.6. The molecular weight excluding hydrogens is 963 g/mol. The van der Waals surface area contributed by atoms with E-state index < -0.39 is 185 Å². The molecule has 0 spiro atoms. The van der Waals surface area contributed by atoms with E-state index in [1.165, 1.54) is 58.1 Å². The molecule has 4 fully saturated rings. The standard InChI is InChI=1S/C22H24N2O8.C21H39N7O12/c1-21(31)8-5-4-6-11(25)12(8)16(26)13-9(21)7-10-15(24(2)3)17(27)14(20(23)30)19(29)22(10,32)18(13)28;1-5-21(36,4-30)16(40-17-9(26-2)13(34)10(31)6(3-29)38-17)18(37-5)39-15-8(28-20(24)25)11(32)7(27-19(22)23)12(33)14(15)35/h4-6,9-10,15,25-26,29,31-32H,7H2,1-3H3,(H2,23,30);4-18,26,29,31-36H,3H2,1-2H3,(H4,22,23,27)(H4,24,25,28)/t9-,10-,15-,21+,22-;5-,6-,7+,8-,9-,10-,11+,12-,13-,14+,15+,16-,17-,18-,21+/m00/s1.